The van der Waals surface area contributed by atoms with Gasteiger partial charge in [-0.25, -0.2) is 8.42 Å². The van der Waals surface area contributed by atoms with Crippen LogP contribution in [0.5, 0.6) is 0 Å². The van der Waals surface area contributed by atoms with Crippen LogP contribution in [0.1, 0.15) is 32.6 Å². The first-order valence-corrected chi connectivity index (χ1v) is 19.4. The highest BCUT2D eigenvalue weighted by Crippen LogP contribution is 2.38. The number of sulfone groups is 1. The summed E-state index contributed by atoms with van der Waals surface area (Å²) in [7, 11) is -3.44. The van der Waals surface area contributed by atoms with Crippen molar-refractivity contribution >= 4 is 49.8 Å². The van der Waals surface area contributed by atoms with Gasteiger partial charge < -0.3 is 20.1 Å². The number of rotatable bonds is 15. The van der Waals surface area contributed by atoms with Crippen LogP contribution in [0.25, 0.3) is 22.2 Å². The third-order valence-electron chi connectivity index (χ3n) is 9.87. The number of anilines is 1. The molecule has 292 valence electrons. The maximum atomic E-state index is 15.7. The lowest BCUT2D eigenvalue weighted by atomic mass is 9.97. The number of hydrogen-bond donors (Lipinski definition) is 2. The number of carbonyl (C=O) groups is 3. The van der Waals surface area contributed by atoms with Crippen LogP contribution in [0.2, 0.25) is 0 Å². The second-order valence-electron chi connectivity index (χ2n) is 13.8. The molecule has 0 radical (unpaired) electrons. The molecule has 14 nitrogen and oxygen atoms in total. The monoisotopic (exact) mass is 788 g/mol. The minimum Gasteiger partial charge on any atom is -0.367 e. The summed E-state index contributed by atoms with van der Waals surface area (Å²) in [5, 5.41) is 16.4. The molecule has 4 aromatic carbocycles. The van der Waals surface area contributed by atoms with E-state index in [9.17, 15) is 28.1 Å². The Morgan fingerprint density at radius 3 is 2.33 bits per heavy atom. The number of H-pyrrole nitrogens is 1. The Kier molecular flexibility index (Phi) is 11.2. The number of primary amides is 1. The van der Waals surface area contributed by atoms with E-state index in [2.05, 4.69) is 16.7 Å². The molecule has 2 heterocycles. The van der Waals surface area contributed by atoms with Crippen molar-refractivity contribution in [2.75, 3.05) is 17.7 Å². The number of para-hydroxylation sites is 1. The number of likely N-dealkylation sites (N-methyl/N-ethyl adjacent to an activating group) is 1. The largest absolute Gasteiger partial charge is 0.367 e. The van der Waals surface area contributed by atoms with E-state index in [4.69, 9.17) is 10.3 Å². The number of nitro groups is 1. The van der Waals surface area contributed by atoms with E-state index in [0.29, 0.717) is 33.4 Å². The van der Waals surface area contributed by atoms with Gasteiger partial charge in [0.05, 0.1) is 22.6 Å². The van der Waals surface area contributed by atoms with Gasteiger partial charge in [-0.15, -0.1) is 6.58 Å². The molecule has 15 heteroatoms. The van der Waals surface area contributed by atoms with Gasteiger partial charge in [-0.2, -0.15) is 0 Å². The highest BCUT2D eigenvalue weighted by molar-refractivity contribution is 7.93. The average molecular weight is 789 g/mol. The molecule has 1 unspecified atom stereocenters. The molecule has 6 rings (SSSR count). The number of benzene rings is 4. The number of carbonyl (C=O) groups excluding carboxylic acids is 3. The number of nitrogens with one attached hydrogen (secondary N) is 1. The second kappa shape index (κ2) is 16.1. The molecule has 0 saturated carbocycles. The number of fused-ring (bicyclic) bond motifs is 1. The van der Waals surface area contributed by atoms with Crippen LogP contribution >= 0.6 is 0 Å². The summed E-state index contributed by atoms with van der Waals surface area (Å²) in [4.78, 5) is 57.9. The van der Waals surface area contributed by atoms with E-state index < -0.39 is 61.3 Å². The van der Waals surface area contributed by atoms with Gasteiger partial charge in [0.25, 0.3) is 23.4 Å². The summed E-state index contributed by atoms with van der Waals surface area (Å²) < 4.78 is 34.9. The van der Waals surface area contributed by atoms with E-state index in [1.54, 1.807) is 66.7 Å². The van der Waals surface area contributed by atoms with Crippen molar-refractivity contribution in [1.29, 1.82) is 0 Å². The number of amides is 3. The van der Waals surface area contributed by atoms with Crippen molar-refractivity contribution in [1.82, 2.24) is 15.0 Å². The fourth-order valence-electron chi connectivity index (χ4n) is 7.14. The number of aryl methyl sites for hydroxylation is 2. The Labute approximate surface area is 328 Å². The number of nitro benzene ring substituents is 1. The van der Waals surface area contributed by atoms with E-state index in [1.165, 1.54) is 42.5 Å². The van der Waals surface area contributed by atoms with Crippen LogP contribution in [0.3, 0.4) is 0 Å². The Hall–Kier alpha value is -6.87. The third kappa shape index (κ3) is 7.82. The van der Waals surface area contributed by atoms with Gasteiger partial charge in [-0.3, -0.25) is 29.4 Å². The summed E-state index contributed by atoms with van der Waals surface area (Å²) in [5.41, 5.74) is 9.42. The fraction of sp³-hybridized carbons (Fsp3) is 0.190. The maximum absolute atomic E-state index is 15.7. The number of aromatic amines is 1. The molecule has 57 heavy (non-hydrogen) atoms. The van der Waals surface area contributed by atoms with Crippen molar-refractivity contribution in [3.63, 3.8) is 0 Å². The maximum Gasteiger partial charge on any atom is 0.271 e. The molecule has 0 aliphatic carbocycles. The molecular formula is C42H40N6O8S. The highest BCUT2D eigenvalue weighted by atomic mass is 32.2. The first-order chi connectivity index (χ1) is 27.2. The number of aromatic nitrogens is 2. The molecule has 3 amide bonds. The predicted octanol–water partition coefficient (Wildman–Crippen LogP) is 6.09. The normalized spacial score (nSPS) is 13.0. The van der Waals surface area contributed by atoms with Crippen molar-refractivity contribution in [2.24, 2.45) is 5.73 Å². The summed E-state index contributed by atoms with van der Waals surface area (Å²) in [6, 6.07) is 24.0. The smallest absolute Gasteiger partial charge is 0.271 e. The van der Waals surface area contributed by atoms with Crippen molar-refractivity contribution in [3.8, 4) is 11.3 Å². The third-order valence-corrected chi connectivity index (χ3v) is 12.1. The summed E-state index contributed by atoms with van der Waals surface area (Å²) in [5.74, 6) is -3.35. The van der Waals surface area contributed by atoms with Crippen LogP contribution < -0.4 is 10.6 Å². The number of non-ortho nitro benzene ring substituents is 1. The van der Waals surface area contributed by atoms with Crippen molar-refractivity contribution in [3.05, 3.63) is 160 Å². The standard InChI is InChI=1S/C42H40N6O8S/c1-5-19-57(54,55)42(41(43)51,25-32-26-44-36-12-7-6-11-35(32)36)47(33-9-8-10-34(24-33)48(52)53)40(50)37(46(4)39(49)31-21-27(2)20-28(3)22-31)23-29-13-15-30(16-14-29)38-17-18-45-56-38/h5-18,20-22,24,26,37,44H,1,19,23,25H2,2-4H3,(H2,43,51)/t37?,42-/m1/s1. The molecule has 2 aromatic heterocycles. The van der Waals surface area contributed by atoms with Crippen LogP contribution in [0, 0.1) is 24.0 Å². The van der Waals surface area contributed by atoms with Crippen LogP contribution in [-0.4, -0.2) is 69.8 Å². The van der Waals surface area contributed by atoms with Gasteiger partial charge in [0.15, 0.2) is 15.6 Å². The zero-order valence-electron chi connectivity index (χ0n) is 31.4. The van der Waals surface area contributed by atoms with Gasteiger partial charge in [0.1, 0.15) is 6.04 Å². The lowest BCUT2D eigenvalue weighted by molar-refractivity contribution is -0.384. The van der Waals surface area contributed by atoms with Crippen molar-refractivity contribution in [2.45, 2.75) is 37.6 Å². The zero-order valence-corrected chi connectivity index (χ0v) is 32.2. The summed E-state index contributed by atoms with van der Waals surface area (Å²) >= 11 is 0. The lowest BCUT2D eigenvalue weighted by Gasteiger charge is -2.43. The molecule has 0 aliphatic heterocycles. The summed E-state index contributed by atoms with van der Waals surface area (Å²) in [6.45, 7) is 7.25. The van der Waals surface area contributed by atoms with E-state index in [-0.39, 0.29) is 17.7 Å². The van der Waals surface area contributed by atoms with Crippen LogP contribution in [0.4, 0.5) is 11.4 Å². The van der Waals surface area contributed by atoms with Crippen molar-refractivity contribution < 1.29 is 32.2 Å². The van der Waals surface area contributed by atoms with Gasteiger partial charge in [-0.1, -0.05) is 77.0 Å². The molecular weight excluding hydrogens is 749 g/mol. The van der Waals surface area contributed by atoms with Crippen LogP contribution in [-0.2, 0) is 32.3 Å². The lowest BCUT2D eigenvalue weighted by Crippen LogP contribution is -2.69. The highest BCUT2D eigenvalue weighted by Gasteiger charge is 2.58. The SMILES string of the molecule is C=CCS(=O)(=O)[C@](Cc1c[nH]c2ccccc12)(C(N)=O)N(C(=O)C(Cc1ccc(-c2ccno2)cc1)N(C)C(=O)c1cc(C)cc(C)c1)c1cccc([N+](=O)[O-])c1. The zero-order chi connectivity index (χ0) is 41.1. The number of nitrogens with two attached hydrogens (primary N) is 1. The fourth-order valence-corrected chi connectivity index (χ4v) is 8.88. The first kappa shape index (κ1) is 39.8. The molecule has 0 fully saturated rings. The molecule has 3 N–H and O–H groups in total. The molecule has 0 bridgehead atoms. The minimum atomic E-state index is -4.84. The molecule has 0 aliphatic rings. The topological polar surface area (TPSA) is 203 Å². The Morgan fingerprint density at radius 1 is 1.00 bits per heavy atom. The van der Waals surface area contributed by atoms with Gasteiger partial charge in [0, 0.05) is 66.3 Å². The average Bonchev–Trinajstić information content (AvgIpc) is 3.87. The predicted molar refractivity (Wildman–Crippen MR) is 216 cm³/mol. The number of nitrogens with zero attached hydrogens (tertiary/aromatic N) is 4. The number of hydrogen-bond acceptors (Lipinski definition) is 9. The second-order valence-corrected chi connectivity index (χ2v) is 16.0. The Balaban J connectivity index is 1.61. The van der Waals surface area contributed by atoms with E-state index in [1.807, 2.05) is 19.9 Å². The first-order valence-electron chi connectivity index (χ1n) is 17.8. The molecule has 0 saturated heterocycles. The quantitative estimate of drug-likeness (QED) is 0.0701. The van der Waals surface area contributed by atoms with Gasteiger partial charge >= 0.3 is 0 Å². The van der Waals surface area contributed by atoms with Gasteiger partial charge in [0.2, 0.25) is 4.87 Å². The van der Waals surface area contributed by atoms with E-state index in [0.717, 1.165) is 28.2 Å². The van der Waals surface area contributed by atoms with Gasteiger partial charge in [-0.05, 0) is 49.2 Å². The summed E-state index contributed by atoms with van der Waals surface area (Å²) in [6.07, 6.45) is 3.24. The Bertz CT molecular complexity index is 2580. The molecule has 2 atom stereocenters. The minimum absolute atomic E-state index is 0.183. The molecule has 0 spiro atoms. The van der Waals surface area contributed by atoms with E-state index >= 15 is 4.79 Å². The van der Waals surface area contributed by atoms with Crippen LogP contribution in [0.15, 0.2) is 127 Å². The molecule has 6 aromatic rings. The Morgan fingerprint density at radius 2 is 1.70 bits per heavy atom.